The van der Waals surface area contributed by atoms with Crippen LogP contribution in [0.4, 0.5) is 0 Å². The maximum Gasteiger partial charge on any atom is 0.224 e. The van der Waals surface area contributed by atoms with Crippen molar-refractivity contribution in [3.63, 3.8) is 0 Å². The minimum atomic E-state index is 0.0872. The standard InChI is InChI=1S/C15H22N8O2/c1-11-8-21(14(24)2-5-22-10-16-19-20-22)9-13-17-18-15(23(11)13)12-3-6-25-7-4-12/h10-12H,2-9H2,1H3/t11-/m0/s1. The molecule has 10 nitrogen and oxygen atoms in total. The van der Waals surface area contributed by atoms with E-state index in [9.17, 15) is 4.79 Å². The molecular formula is C15H22N8O2. The molecule has 0 radical (unpaired) electrons. The fourth-order valence-electron chi connectivity index (χ4n) is 3.64. The van der Waals surface area contributed by atoms with Crippen LogP contribution in [0.2, 0.25) is 0 Å². The van der Waals surface area contributed by atoms with Gasteiger partial charge in [0.2, 0.25) is 5.91 Å². The van der Waals surface area contributed by atoms with E-state index in [1.54, 1.807) is 4.68 Å². The van der Waals surface area contributed by atoms with E-state index in [1.807, 2.05) is 4.90 Å². The minimum Gasteiger partial charge on any atom is -0.381 e. The number of hydrogen-bond donors (Lipinski definition) is 0. The van der Waals surface area contributed by atoms with Gasteiger partial charge in [0.05, 0.1) is 19.1 Å². The number of carbonyl (C=O) groups excluding carboxylic acids is 1. The number of carbonyl (C=O) groups is 1. The Morgan fingerprint density at radius 2 is 2.16 bits per heavy atom. The van der Waals surface area contributed by atoms with Gasteiger partial charge < -0.3 is 14.2 Å². The second-order valence-electron chi connectivity index (χ2n) is 6.68. The van der Waals surface area contributed by atoms with Gasteiger partial charge in [0.25, 0.3) is 0 Å². The molecule has 0 bridgehead atoms. The van der Waals surface area contributed by atoms with Crippen molar-refractivity contribution in [3.05, 3.63) is 18.0 Å². The van der Waals surface area contributed by atoms with Crippen LogP contribution in [0.25, 0.3) is 0 Å². The Bertz CT molecular complexity index is 722. The summed E-state index contributed by atoms with van der Waals surface area (Å²) in [6.07, 6.45) is 3.86. The first-order valence-electron chi connectivity index (χ1n) is 8.72. The molecule has 1 fully saturated rings. The van der Waals surface area contributed by atoms with Gasteiger partial charge >= 0.3 is 0 Å². The van der Waals surface area contributed by atoms with Crippen LogP contribution in [-0.4, -0.2) is 65.5 Å². The lowest BCUT2D eigenvalue weighted by Crippen LogP contribution is -2.41. The van der Waals surface area contributed by atoms with Gasteiger partial charge in [-0.3, -0.25) is 4.79 Å². The Morgan fingerprint density at radius 1 is 1.32 bits per heavy atom. The molecule has 4 rings (SSSR count). The molecular weight excluding hydrogens is 324 g/mol. The van der Waals surface area contributed by atoms with E-state index in [4.69, 9.17) is 4.74 Å². The topological polar surface area (TPSA) is 104 Å². The first-order valence-corrected chi connectivity index (χ1v) is 8.72. The van der Waals surface area contributed by atoms with E-state index in [2.05, 4.69) is 37.2 Å². The van der Waals surface area contributed by atoms with Crippen molar-refractivity contribution in [2.75, 3.05) is 19.8 Å². The Labute approximate surface area is 145 Å². The van der Waals surface area contributed by atoms with E-state index < -0.39 is 0 Å². The maximum absolute atomic E-state index is 12.5. The molecule has 1 amide bonds. The van der Waals surface area contributed by atoms with Gasteiger partial charge in [0.15, 0.2) is 5.82 Å². The third-order valence-corrected chi connectivity index (χ3v) is 4.94. The highest BCUT2D eigenvalue weighted by atomic mass is 16.5. The number of nitrogens with zero attached hydrogens (tertiary/aromatic N) is 8. The van der Waals surface area contributed by atoms with Gasteiger partial charge in [-0.1, -0.05) is 0 Å². The molecule has 1 atom stereocenters. The molecule has 2 aliphatic heterocycles. The Morgan fingerprint density at radius 3 is 2.92 bits per heavy atom. The van der Waals surface area contributed by atoms with Crippen LogP contribution in [-0.2, 0) is 22.6 Å². The van der Waals surface area contributed by atoms with E-state index in [1.165, 1.54) is 6.33 Å². The summed E-state index contributed by atoms with van der Waals surface area (Å²) in [5.74, 6) is 2.41. The first kappa shape index (κ1) is 16.1. The van der Waals surface area contributed by atoms with Crippen molar-refractivity contribution in [1.29, 1.82) is 0 Å². The average molecular weight is 346 g/mol. The van der Waals surface area contributed by atoms with Crippen LogP contribution in [0, 0.1) is 0 Å². The number of aryl methyl sites for hydroxylation is 1. The third-order valence-electron chi connectivity index (χ3n) is 4.94. The van der Waals surface area contributed by atoms with Crippen LogP contribution in [0.3, 0.4) is 0 Å². The van der Waals surface area contributed by atoms with Gasteiger partial charge in [-0.25, -0.2) is 4.68 Å². The van der Waals surface area contributed by atoms with Crippen LogP contribution in [0.5, 0.6) is 0 Å². The summed E-state index contributed by atoms with van der Waals surface area (Å²) in [4.78, 5) is 14.4. The van der Waals surface area contributed by atoms with Crippen molar-refractivity contribution in [1.82, 2.24) is 39.9 Å². The lowest BCUT2D eigenvalue weighted by molar-refractivity contribution is -0.133. The molecule has 0 aromatic carbocycles. The normalized spacial score (nSPS) is 21.3. The Kier molecular flexibility index (Phi) is 4.43. The van der Waals surface area contributed by atoms with E-state index in [0.29, 0.717) is 32.0 Å². The largest absolute Gasteiger partial charge is 0.381 e. The van der Waals surface area contributed by atoms with Crippen molar-refractivity contribution in [2.24, 2.45) is 0 Å². The highest BCUT2D eigenvalue weighted by Gasteiger charge is 2.32. The average Bonchev–Trinajstić information content (AvgIpc) is 3.30. The second kappa shape index (κ2) is 6.87. The number of ether oxygens (including phenoxy) is 1. The predicted molar refractivity (Wildman–Crippen MR) is 85.4 cm³/mol. The van der Waals surface area contributed by atoms with Crippen molar-refractivity contribution < 1.29 is 9.53 Å². The zero-order valence-electron chi connectivity index (χ0n) is 14.3. The van der Waals surface area contributed by atoms with E-state index >= 15 is 0 Å². The van der Waals surface area contributed by atoms with Crippen molar-refractivity contribution >= 4 is 5.91 Å². The fourth-order valence-corrected chi connectivity index (χ4v) is 3.64. The van der Waals surface area contributed by atoms with E-state index in [0.717, 1.165) is 37.7 Å². The molecule has 0 saturated carbocycles. The molecule has 10 heteroatoms. The zero-order chi connectivity index (χ0) is 17.2. The van der Waals surface area contributed by atoms with Gasteiger partial charge in [-0.05, 0) is 30.2 Å². The summed E-state index contributed by atoms with van der Waals surface area (Å²) < 4.78 is 9.24. The molecule has 2 aromatic heterocycles. The summed E-state index contributed by atoms with van der Waals surface area (Å²) in [6, 6.07) is 0.175. The first-order chi connectivity index (χ1) is 12.2. The molecule has 1 saturated heterocycles. The van der Waals surface area contributed by atoms with Gasteiger partial charge in [0.1, 0.15) is 12.2 Å². The molecule has 0 spiro atoms. The monoisotopic (exact) mass is 346 g/mol. The molecule has 0 unspecified atom stereocenters. The summed E-state index contributed by atoms with van der Waals surface area (Å²) in [6.45, 7) is 5.35. The highest BCUT2D eigenvalue weighted by Crippen LogP contribution is 2.30. The third kappa shape index (κ3) is 3.26. The van der Waals surface area contributed by atoms with Crippen molar-refractivity contribution in [3.8, 4) is 0 Å². The lowest BCUT2D eigenvalue weighted by atomic mass is 9.99. The number of hydrogen-bond acceptors (Lipinski definition) is 7. The maximum atomic E-state index is 12.5. The molecule has 134 valence electrons. The number of rotatable bonds is 4. The smallest absolute Gasteiger partial charge is 0.224 e. The summed E-state index contributed by atoms with van der Waals surface area (Å²) in [5.41, 5.74) is 0. The molecule has 25 heavy (non-hydrogen) atoms. The van der Waals surface area contributed by atoms with Crippen LogP contribution in [0.1, 0.15) is 49.8 Å². The number of aromatic nitrogens is 7. The van der Waals surface area contributed by atoms with E-state index in [-0.39, 0.29) is 11.9 Å². The second-order valence-corrected chi connectivity index (χ2v) is 6.68. The minimum absolute atomic E-state index is 0.0872. The predicted octanol–water partition coefficient (Wildman–Crippen LogP) is 0.152. The molecule has 4 heterocycles. The summed E-state index contributed by atoms with van der Waals surface area (Å²) in [7, 11) is 0. The quantitative estimate of drug-likeness (QED) is 0.776. The van der Waals surface area contributed by atoms with Crippen molar-refractivity contribution in [2.45, 2.75) is 51.2 Å². The summed E-state index contributed by atoms with van der Waals surface area (Å²) in [5, 5.41) is 19.8. The van der Waals surface area contributed by atoms with Crippen LogP contribution >= 0.6 is 0 Å². The summed E-state index contributed by atoms with van der Waals surface area (Å²) >= 11 is 0. The fraction of sp³-hybridized carbons (Fsp3) is 0.733. The Balaban J connectivity index is 1.44. The zero-order valence-corrected chi connectivity index (χ0v) is 14.3. The molecule has 0 N–H and O–H groups in total. The molecule has 2 aromatic rings. The van der Waals surface area contributed by atoms with Crippen LogP contribution < -0.4 is 0 Å². The Hall–Kier alpha value is -2.36. The van der Waals surface area contributed by atoms with Crippen LogP contribution in [0.15, 0.2) is 6.33 Å². The lowest BCUT2D eigenvalue weighted by Gasteiger charge is -2.34. The van der Waals surface area contributed by atoms with Gasteiger partial charge in [-0.2, -0.15) is 0 Å². The highest BCUT2D eigenvalue weighted by molar-refractivity contribution is 5.76. The number of tetrazole rings is 1. The number of fused-ring (bicyclic) bond motifs is 1. The molecule has 0 aliphatic carbocycles. The number of amides is 1. The van der Waals surface area contributed by atoms with Gasteiger partial charge in [-0.15, -0.1) is 15.3 Å². The SMILES string of the molecule is C[C@H]1CN(C(=O)CCn2cnnn2)Cc2nnc(C3CCOCC3)n21. The van der Waals surface area contributed by atoms with Gasteiger partial charge in [0, 0.05) is 32.1 Å². The molecule has 2 aliphatic rings.